The Kier molecular flexibility index (Phi) is 6.14. The van der Waals surface area contributed by atoms with E-state index in [2.05, 4.69) is 5.32 Å². The maximum atomic E-state index is 13.8. The quantitative estimate of drug-likeness (QED) is 0.753. The lowest BCUT2D eigenvalue weighted by Gasteiger charge is -2.33. The number of ketones is 1. The average Bonchev–Trinajstić information content (AvgIpc) is 2.70. The van der Waals surface area contributed by atoms with Crippen LogP contribution in [0.3, 0.4) is 0 Å². The van der Waals surface area contributed by atoms with Crippen molar-refractivity contribution in [2.75, 3.05) is 11.9 Å². The minimum absolute atomic E-state index is 0.0311. The number of aryl methyl sites for hydroxylation is 1. The van der Waals surface area contributed by atoms with Crippen LogP contribution in [-0.4, -0.2) is 37.0 Å². The lowest BCUT2D eigenvalue weighted by atomic mass is 10.0. The molecule has 1 N–H and O–H groups in total. The standard InChI is InChI=1S/C21H23FN2O4S/c1-14-6-9-17(13-19(14)22)23-21(26)20-5-3-4-12-24(20)29(27,28)18-10-7-16(8-11-18)15(2)25/h6-11,13,20H,3-5,12H2,1-2H3,(H,23,26). The Morgan fingerprint density at radius 1 is 1.10 bits per heavy atom. The van der Waals surface area contributed by atoms with E-state index in [-0.39, 0.29) is 22.9 Å². The fourth-order valence-corrected chi connectivity index (χ4v) is 5.00. The molecule has 0 bridgehead atoms. The van der Waals surface area contributed by atoms with Gasteiger partial charge in [-0.3, -0.25) is 9.59 Å². The van der Waals surface area contributed by atoms with Crippen LogP contribution in [0.15, 0.2) is 47.4 Å². The van der Waals surface area contributed by atoms with Gasteiger partial charge in [0.1, 0.15) is 11.9 Å². The van der Waals surface area contributed by atoms with Crippen LogP contribution in [-0.2, 0) is 14.8 Å². The highest BCUT2D eigenvalue weighted by Crippen LogP contribution is 2.27. The Morgan fingerprint density at radius 3 is 2.41 bits per heavy atom. The van der Waals surface area contributed by atoms with Gasteiger partial charge in [-0.1, -0.05) is 24.6 Å². The molecule has 1 saturated heterocycles. The molecular formula is C21H23FN2O4S. The predicted molar refractivity (Wildman–Crippen MR) is 108 cm³/mol. The highest BCUT2D eigenvalue weighted by molar-refractivity contribution is 7.89. The number of nitrogens with zero attached hydrogens (tertiary/aromatic N) is 1. The van der Waals surface area contributed by atoms with E-state index < -0.39 is 27.8 Å². The molecule has 8 heteroatoms. The van der Waals surface area contributed by atoms with Gasteiger partial charge in [0.15, 0.2) is 5.78 Å². The molecule has 1 fully saturated rings. The van der Waals surface area contributed by atoms with E-state index in [1.165, 1.54) is 41.6 Å². The highest BCUT2D eigenvalue weighted by Gasteiger charge is 2.37. The third-order valence-corrected chi connectivity index (χ3v) is 6.99. The number of carbonyl (C=O) groups excluding carboxylic acids is 2. The topological polar surface area (TPSA) is 83.6 Å². The Hall–Kier alpha value is -2.58. The number of sulfonamides is 1. The van der Waals surface area contributed by atoms with Crippen LogP contribution in [0.4, 0.5) is 10.1 Å². The van der Waals surface area contributed by atoms with Gasteiger partial charge in [-0.15, -0.1) is 0 Å². The largest absolute Gasteiger partial charge is 0.325 e. The Balaban J connectivity index is 1.85. The highest BCUT2D eigenvalue weighted by atomic mass is 32.2. The second kappa shape index (κ2) is 8.42. The molecule has 1 aliphatic heterocycles. The van der Waals surface area contributed by atoms with Crippen molar-refractivity contribution in [3.63, 3.8) is 0 Å². The van der Waals surface area contributed by atoms with Gasteiger partial charge in [0.25, 0.3) is 0 Å². The SMILES string of the molecule is CC(=O)c1ccc(S(=O)(=O)N2CCCCC2C(=O)Nc2ccc(C)c(F)c2)cc1. The average molecular weight is 418 g/mol. The maximum Gasteiger partial charge on any atom is 0.243 e. The summed E-state index contributed by atoms with van der Waals surface area (Å²) in [7, 11) is -3.92. The third kappa shape index (κ3) is 4.54. The van der Waals surface area contributed by atoms with Crippen LogP contribution in [0, 0.1) is 12.7 Å². The molecule has 29 heavy (non-hydrogen) atoms. The number of carbonyl (C=O) groups is 2. The summed E-state index contributed by atoms with van der Waals surface area (Å²) in [5.41, 5.74) is 1.16. The van der Waals surface area contributed by atoms with Gasteiger partial charge in [-0.05, 0) is 56.5 Å². The number of nitrogens with one attached hydrogen (secondary N) is 1. The number of halogens is 1. The van der Waals surface area contributed by atoms with Crippen LogP contribution in [0.25, 0.3) is 0 Å². The summed E-state index contributed by atoms with van der Waals surface area (Å²) >= 11 is 0. The minimum Gasteiger partial charge on any atom is -0.325 e. The number of rotatable bonds is 5. The molecule has 2 aromatic carbocycles. The molecule has 2 aromatic rings. The number of amides is 1. The zero-order chi connectivity index (χ0) is 21.2. The number of benzene rings is 2. The van der Waals surface area contributed by atoms with Crippen LogP contribution < -0.4 is 5.32 Å². The first kappa shape index (κ1) is 21.1. The number of piperidine rings is 1. The lowest BCUT2D eigenvalue weighted by molar-refractivity contribution is -0.120. The lowest BCUT2D eigenvalue weighted by Crippen LogP contribution is -2.49. The van der Waals surface area contributed by atoms with E-state index >= 15 is 0 Å². The van der Waals surface area contributed by atoms with Crippen molar-refractivity contribution in [1.82, 2.24) is 4.31 Å². The zero-order valence-electron chi connectivity index (χ0n) is 16.3. The third-order valence-electron chi connectivity index (χ3n) is 5.06. The summed E-state index contributed by atoms with van der Waals surface area (Å²) in [5, 5.41) is 2.63. The van der Waals surface area contributed by atoms with Crippen molar-refractivity contribution >= 4 is 27.4 Å². The van der Waals surface area contributed by atoms with Crippen molar-refractivity contribution in [3.8, 4) is 0 Å². The number of Topliss-reactive ketones (excluding diaryl/α,β-unsaturated/α-hetero) is 1. The van der Waals surface area contributed by atoms with Crippen LogP contribution in [0.2, 0.25) is 0 Å². The fraction of sp³-hybridized carbons (Fsp3) is 0.333. The second-order valence-electron chi connectivity index (χ2n) is 7.16. The molecule has 0 aliphatic carbocycles. The molecule has 1 aliphatic rings. The van der Waals surface area contributed by atoms with Gasteiger partial charge in [-0.2, -0.15) is 4.31 Å². The van der Waals surface area contributed by atoms with E-state index in [0.717, 1.165) is 6.42 Å². The predicted octanol–water partition coefficient (Wildman–Crippen LogP) is 3.52. The summed E-state index contributed by atoms with van der Waals surface area (Å²) in [6.45, 7) is 3.24. The Morgan fingerprint density at radius 2 is 1.79 bits per heavy atom. The molecule has 1 heterocycles. The van der Waals surface area contributed by atoms with Gasteiger partial charge < -0.3 is 5.32 Å². The maximum absolute atomic E-state index is 13.8. The number of hydrogen-bond acceptors (Lipinski definition) is 4. The van der Waals surface area contributed by atoms with E-state index in [4.69, 9.17) is 0 Å². The summed E-state index contributed by atoms with van der Waals surface area (Å²) < 4.78 is 41.2. The molecule has 0 aromatic heterocycles. The molecule has 1 atom stereocenters. The molecule has 1 amide bonds. The van der Waals surface area contributed by atoms with Gasteiger partial charge in [0.05, 0.1) is 4.90 Å². The normalized spacial score (nSPS) is 17.7. The Bertz CT molecular complexity index is 1040. The first-order valence-electron chi connectivity index (χ1n) is 9.40. The van der Waals surface area contributed by atoms with E-state index in [9.17, 15) is 22.4 Å². The minimum atomic E-state index is -3.92. The fourth-order valence-electron chi connectivity index (χ4n) is 3.35. The summed E-state index contributed by atoms with van der Waals surface area (Å²) in [5.74, 6) is -1.09. The smallest absolute Gasteiger partial charge is 0.243 e. The van der Waals surface area contributed by atoms with Crippen LogP contribution in [0.5, 0.6) is 0 Å². The zero-order valence-corrected chi connectivity index (χ0v) is 17.1. The molecule has 6 nitrogen and oxygen atoms in total. The van der Waals surface area contributed by atoms with Crippen LogP contribution >= 0.6 is 0 Å². The Labute approximate surface area is 169 Å². The van der Waals surface area contributed by atoms with E-state index in [1.807, 2.05) is 0 Å². The first-order valence-corrected chi connectivity index (χ1v) is 10.8. The van der Waals surface area contributed by atoms with Gasteiger partial charge in [-0.25, -0.2) is 12.8 Å². The van der Waals surface area contributed by atoms with Crippen molar-refractivity contribution in [3.05, 3.63) is 59.4 Å². The molecule has 0 spiro atoms. The van der Waals surface area contributed by atoms with Crippen molar-refractivity contribution < 1.29 is 22.4 Å². The first-order chi connectivity index (χ1) is 13.7. The van der Waals surface area contributed by atoms with E-state index in [0.29, 0.717) is 24.0 Å². The summed E-state index contributed by atoms with van der Waals surface area (Å²) in [6.07, 6.45) is 1.74. The van der Waals surface area contributed by atoms with Crippen LogP contribution in [0.1, 0.15) is 42.1 Å². The van der Waals surface area contributed by atoms with E-state index in [1.54, 1.807) is 19.1 Å². The number of anilines is 1. The van der Waals surface area contributed by atoms with Gasteiger partial charge in [0, 0.05) is 17.8 Å². The number of hydrogen-bond donors (Lipinski definition) is 1. The molecule has 3 rings (SSSR count). The van der Waals surface area contributed by atoms with Gasteiger partial charge >= 0.3 is 0 Å². The summed E-state index contributed by atoms with van der Waals surface area (Å²) in [6, 6.07) is 9.15. The molecule has 0 radical (unpaired) electrons. The molecule has 0 saturated carbocycles. The second-order valence-corrected chi connectivity index (χ2v) is 9.05. The molecular weight excluding hydrogens is 395 g/mol. The molecule has 154 valence electrons. The summed E-state index contributed by atoms with van der Waals surface area (Å²) in [4.78, 5) is 24.3. The monoisotopic (exact) mass is 418 g/mol. The van der Waals surface area contributed by atoms with Crippen molar-refractivity contribution in [2.24, 2.45) is 0 Å². The van der Waals surface area contributed by atoms with Gasteiger partial charge in [0.2, 0.25) is 15.9 Å². The molecule has 1 unspecified atom stereocenters. The van der Waals surface area contributed by atoms with Crippen molar-refractivity contribution in [2.45, 2.75) is 44.0 Å². The van der Waals surface area contributed by atoms with Crippen molar-refractivity contribution in [1.29, 1.82) is 0 Å².